The molecule has 0 aromatic carbocycles. The molecule has 10 heteroatoms. The van der Waals surface area contributed by atoms with Gasteiger partial charge in [-0.15, -0.1) is 0 Å². The van der Waals surface area contributed by atoms with Gasteiger partial charge in [0.15, 0.2) is 15.9 Å². The lowest BCUT2D eigenvalue weighted by Gasteiger charge is -2.37. The number of β-lactam (4-membered cyclic amide) rings is 1. The van der Waals surface area contributed by atoms with E-state index in [2.05, 4.69) is 5.10 Å². The van der Waals surface area contributed by atoms with Crippen LogP contribution in [0.1, 0.15) is 13.3 Å². The average Bonchev–Trinajstić information content (AvgIpc) is 2.95. The number of amides is 1. The number of rotatable bonds is 4. The predicted molar refractivity (Wildman–Crippen MR) is 88.0 cm³/mol. The topological polar surface area (TPSA) is 98.6 Å². The third-order valence-corrected chi connectivity index (χ3v) is 8.05. The average molecular weight is 371 g/mol. The molecule has 2 saturated heterocycles. The van der Waals surface area contributed by atoms with Gasteiger partial charge in [-0.3, -0.25) is 14.3 Å². The highest BCUT2D eigenvalue weighted by molar-refractivity contribution is 7.93. The molecule has 3 atom stereocenters. The number of hydrogen-bond acceptors (Lipinski definition) is 6. The molecule has 0 N–H and O–H groups in total. The molecule has 1 amide bonds. The quantitative estimate of drug-likeness (QED) is 0.560. The number of nitrogens with zero attached hydrogens (tertiary/aromatic N) is 3. The first-order valence-corrected chi connectivity index (χ1v) is 12.7. The third-order valence-electron chi connectivity index (χ3n) is 4.48. The van der Waals surface area contributed by atoms with Gasteiger partial charge in [-0.1, -0.05) is 0 Å². The molecule has 0 radical (unpaired) electrons. The summed E-state index contributed by atoms with van der Waals surface area (Å²) in [6.07, 6.45) is 3.10. The molecule has 132 valence electrons. The highest BCUT2D eigenvalue weighted by Gasteiger charge is 2.70. The largest absolute Gasteiger partial charge is 0.518 e. The van der Waals surface area contributed by atoms with Gasteiger partial charge in [0.05, 0.1) is 13.0 Å². The molecular weight excluding hydrogens is 350 g/mol. The van der Waals surface area contributed by atoms with E-state index in [1.807, 2.05) is 19.6 Å². The summed E-state index contributed by atoms with van der Waals surface area (Å²) in [6.45, 7) is 7.03. The maximum Gasteiger partial charge on any atom is 0.317 e. The summed E-state index contributed by atoms with van der Waals surface area (Å²) in [5.74, 6) is -0.965. The summed E-state index contributed by atoms with van der Waals surface area (Å²) < 4.78 is 31.5. The Balaban J connectivity index is 2.04. The number of sulfone groups is 1. The van der Waals surface area contributed by atoms with Gasteiger partial charge in [0.2, 0.25) is 14.2 Å². The fraction of sp³-hybridized carbons (Fsp3) is 0.643. The van der Waals surface area contributed by atoms with E-state index in [0.717, 1.165) is 0 Å². The Bertz CT molecular complexity index is 786. The van der Waals surface area contributed by atoms with E-state index < -0.39 is 40.3 Å². The Morgan fingerprint density at radius 3 is 2.62 bits per heavy atom. The highest BCUT2D eigenvalue weighted by atomic mass is 32.2. The molecule has 0 spiro atoms. The van der Waals surface area contributed by atoms with E-state index in [9.17, 15) is 18.0 Å². The van der Waals surface area contributed by atoms with Gasteiger partial charge in [0, 0.05) is 12.4 Å². The van der Waals surface area contributed by atoms with Crippen LogP contribution in [0.25, 0.3) is 0 Å². The van der Waals surface area contributed by atoms with Crippen LogP contribution in [0.3, 0.4) is 0 Å². The van der Waals surface area contributed by atoms with Gasteiger partial charge in [0.25, 0.3) is 0 Å². The van der Waals surface area contributed by atoms with Crippen LogP contribution in [-0.4, -0.2) is 59.5 Å². The van der Waals surface area contributed by atoms with Crippen molar-refractivity contribution < 1.29 is 22.4 Å². The van der Waals surface area contributed by atoms with E-state index >= 15 is 0 Å². The highest BCUT2D eigenvalue weighted by Crippen LogP contribution is 2.47. The van der Waals surface area contributed by atoms with Crippen LogP contribution in [0.4, 0.5) is 0 Å². The lowest BCUT2D eigenvalue weighted by molar-refractivity contribution is -0.156. The summed E-state index contributed by atoms with van der Waals surface area (Å²) in [6, 6.07) is 0.546. The number of carbonyl (C=O) groups is 2. The van der Waals surface area contributed by atoms with Gasteiger partial charge in [0.1, 0.15) is 10.1 Å². The van der Waals surface area contributed by atoms with Crippen LogP contribution < -0.4 is 0 Å². The number of aromatic nitrogens is 2. The van der Waals surface area contributed by atoms with Crippen LogP contribution in [0.15, 0.2) is 18.5 Å². The first-order chi connectivity index (χ1) is 11.0. The van der Waals surface area contributed by atoms with Crippen LogP contribution in [0, 0.1) is 0 Å². The molecule has 24 heavy (non-hydrogen) atoms. The second kappa shape index (κ2) is 5.15. The van der Waals surface area contributed by atoms with E-state index in [0.29, 0.717) is 0 Å². The van der Waals surface area contributed by atoms with Crippen molar-refractivity contribution >= 4 is 30.0 Å². The van der Waals surface area contributed by atoms with Crippen LogP contribution in [-0.2, 0) is 30.4 Å². The van der Waals surface area contributed by atoms with Crippen LogP contribution >= 0.6 is 0 Å². The molecule has 2 aliphatic rings. The van der Waals surface area contributed by atoms with E-state index in [1.165, 1.54) is 16.5 Å². The monoisotopic (exact) mass is 371 g/mol. The minimum atomic E-state index is -3.73. The molecule has 2 aliphatic heterocycles. The fourth-order valence-corrected chi connectivity index (χ4v) is 6.41. The Morgan fingerprint density at radius 2 is 2.12 bits per heavy atom. The number of fused-ring (bicyclic) bond motifs is 1. The molecule has 0 bridgehead atoms. The second-order valence-corrected chi connectivity index (χ2v) is 14.5. The van der Waals surface area contributed by atoms with Crippen molar-refractivity contribution in [3.8, 4) is 0 Å². The van der Waals surface area contributed by atoms with E-state index in [-0.39, 0.29) is 18.9 Å². The van der Waals surface area contributed by atoms with Gasteiger partial charge in [-0.25, -0.2) is 8.42 Å². The maximum atomic E-state index is 13.0. The lowest BCUT2D eigenvalue weighted by atomic mass is 9.96. The standard InChI is InChI=1S/C14H21N3O5SSi/c1-14(9-16-7-5-6-15-16)12(13(19)22-24(2,3)4)17-10(18)8-11(17)23(14,20)21/h5-7,11-12H,8-9H2,1-4H3/t11-,12+,14+/m1/s1. The molecule has 3 rings (SSSR count). The second-order valence-electron chi connectivity index (χ2n) is 7.46. The normalized spacial score (nSPS) is 31.5. The predicted octanol–water partition coefficient (Wildman–Crippen LogP) is 0.375. The number of carbonyl (C=O) groups excluding carboxylic acids is 2. The van der Waals surface area contributed by atoms with Gasteiger partial charge in [-0.2, -0.15) is 5.10 Å². The van der Waals surface area contributed by atoms with Gasteiger partial charge < -0.3 is 9.33 Å². The summed E-state index contributed by atoms with van der Waals surface area (Å²) in [5.41, 5.74) is 0. The summed E-state index contributed by atoms with van der Waals surface area (Å²) in [4.78, 5) is 25.9. The first-order valence-electron chi connectivity index (χ1n) is 7.72. The summed E-state index contributed by atoms with van der Waals surface area (Å²) in [5, 5.41) is 3.11. The Kier molecular flexibility index (Phi) is 3.68. The molecule has 1 aromatic rings. The minimum absolute atomic E-state index is 0.00587. The fourth-order valence-electron chi connectivity index (χ4n) is 3.34. The third kappa shape index (κ3) is 2.39. The molecule has 0 aliphatic carbocycles. The molecule has 2 fully saturated rings. The van der Waals surface area contributed by atoms with Crippen LogP contribution in [0.5, 0.6) is 0 Å². The first kappa shape index (κ1) is 17.2. The van der Waals surface area contributed by atoms with Crippen molar-refractivity contribution in [1.82, 2.24) is 14.7 Å². The summed E-state index contributed by atoms with van der Waals surface area (Å²) >= 11 is 0. The van der Waals surface area contributed by atoms with Gasteiger partial charge >= 0.3 is 5.97 Å². The zero-order valence-corrected chi connectivity index (χ0v) is 15.9. The van der Waals surface area contributed by atoms with Gasteiger partial charge in [-0.05, 0) is 32.6 Å². The Labute approximate surface area is 141 Å². The maximum absolute atomic E-state index is 13.0. The molecular formula is C14H21N3O5SSi. The van der Waals surface area contributed by atoms with Crippen molar-refractivity contribution in [2.45, 2.75) is 55.7 Å². The SMILES string of the molecule is C[C@]1(Cn2cccn2)[C@H](C(=O)O[Si](C)(C)C)N2C(=O)C[C@H]2S1(=O)=O. The van der Waals surface area contributed by atoms with E-state index in [4.69, 9.17) is 4.43 Å². The Hall–Kier alpha value is -1.68. The van der Waals surface area contributed by atoms with E-state index in [1.54, 1.807) is 18.5 Å². The van der Waals surface area contributed by atoms with Crippen LogP contribution in [0.2, 0.25) is 19.6 Å². The lowest BCUT2D eigenvalue weighted by Crippen LogP contribution is -2.59. The van der Waals surface area contributed by atoms with Crippen molar-refractivity contribution in [2.75, 3.05) is 0 Å². The smallest absolute Gasteiger partial charge is 0.317 e. The van der Waals surface area contributed by atoms with Crippen molar-refractivity contribution in [3.63, 3.8) is 0 Å². The molecule has 0 unspecified atom stereocenters. The molecule has 1 aromatic heterocycles. The van der Waals surface area contributed by atoms with Crippen molar-refractivity contribution in [2.24, 2.45) is 0 Å². The molecule has 8 nitrogen and oxygen atoms in total. The number of hydrogen-bond donors (Lipinski definition) is 0. The Morgan fingerprint density at radius 1 is 1.46 bits per heavy atom. The van der Waals surface area contributed by atoms with Crippen molar-refractivity contribution in [1.29, 1.82) is 0 Å². The zero-order valence-electron chi connectivity index (χ0n) is 14.1. The summed E-state index contributed by atoms with van der Waals surface area (Å²) in [7, 11) is -5.96. The molecule has 3 heterocycles. The van der Waals surface area contributed by atoms with Crippen molar-refractivity contribution in [3.05, 3.63) is 18.5 Å². The zero-order chi connectivity index (χ0) is 17.9. The minimum Gasteiger partial charge on any atom is -0.518 e. The molecule has 0 saturated carbocycles.